The van der Waals surface area contributed by atoms with Gasteiger partial charge in [-0.15, -0.1) is 0 Å². The molecular weight excluding hydrogens is 196 g/mol. The molecule has 3 rings (SSSR count). The van der Waals surface area contributed by atoms with Gasteiger partial charge in [0.25, 0.3) is 0 Å². The summed E-state index contributed by atoms with van der Waals surface area (Å²) < 4.78 is 0. The first kappa shape index (κ1) is 10.1. The van der Waals surface area contributed by atoms with Crippen LogP contribution in [0.4, 0.5) is 0 Å². The minimum atomic E-state index is 0.344. The number of fused-ring (bicyclic) bond motifs is 1. The molecular formula is C15H18O. The Morgan fingerprint density at radius 1 is 1.19 bits per heavy atom. The van der Waals surface area contributed by atoms with E-state index in [1.54, 1.807) is 0 Å². The average Bonchev–Trinajstić information content (AvgIpc) is 2.26. The molecule has 0 aromatic heterocycles. The first-order valence-corrected chi connectivity index (χ1v) is 6.37. The predicted molar refractivity (Wildman–Crippen MR) is 64.2 cm³/mol. The zero-order chi connectivity index (χ0) is 11.0. The number of Topliss-reactive ketones (excluding diaryl/α,β-unsaturated/α-hetero) is 1. The lowest BCUT2D eigenvalue weighted by molar-refractivity contribution is -0.139. The predicted octanol–water partition coefficient (Wildman–Crippen LogP) is 3.38. The van der Waals surface area contributed by atoms with E-state index >= 15 is 0 Å². The first-order valence-electron chi connectivity index (χ1n) is 6.37. The van der Waals surface area contributed by atoms with Gasteiger partial charge in [-0.05, 0) is 43.1 Å². The fourth-order valence-corrected chi connectivity index (χ4v) is 3.59. The minimum absolute atomic E-state index is 0.344. The molecule has 1 heteroatoms. The van der Waals surface area contributed by atoms with Crippen LogP contribution in [-0.2, 0) is 11.2 Å². The fraction of sp³-hybridized carbons (Fsp3) is 0.533. The van der Waals surface area contributed by atoms with Crippen molar-refractivity contribution >= 4 is 5.78 Å². The van der Waals surface area contributed by atoms with E-state index in [1.165, 1.54) is 18.4 Å². The number of rotatable bonds is 2. The number of ketones is 1. The van der Waals surface area contributed by atoms with Crippen molar-refractivity contribution in [1.29, 1.82) is 0 Å². The fourth-order valence-electron chi connectivity index (χ4n) is 3.59. The van der Waals surface area contributed by atoms with Crippen LogP contribution in [0.3, 0.4) is 0 Å². The van der Waals surface area contributed by atoms with Gasteiger partial charge in [-0.25, -0.2) is 0 Å². The largest absolute Gasteiger partial charge is 0.299 e. The maximum Gasteiger partial charge on any atom is 0.136 e. The standard InChI is InChI=1S/C15H18O/c16-14-7-4-9-15(10-8-13(14)15)11-12-5-2-1-3-6-12/h1-3,5-6,13H,4,7-11H2/t13-,15-/m0/s1. The zero-order valence-electron chi connectivity index (χ0n) is 9.61. The lowest BCUT2D eigenvalue weighted by atomic mass is 9.51. The van der Waals surface area contributed by atoms with Crippen molar-refractivity contribution in [3.8, 4) is 0 Å². The van der Waals surface area contributed by atoms with E-state index in [0.29, 0.717) is 17.1 Å². The molecule has 0 bridgehead atoms. The molecule has 2 fully saturated rings. The summed E-state index contributed by atoms with van der Waals surface area (Å²) in [5, 5.41) is 0. The van der Waals surface area contributed by atoms with Crippen molar-refractivity contribution in [2.24, 2.45) is 11.3 Å². The van der Waals surface area contributed by atoms with Gasteiger partial charge in [-0.1, -0.05) is 30.3 Å². The summed E-state index contributed by atoms with van der Waals surface area (Å²) in [6.07, 6.45) is 6.73. The average molecular weight is 214 g/mol. The Bertz CT molecular complexity index is 395. The van der Waals surface area contributed by atoms with Gasteiger partial charge in [0.15, 0.2) is 0 Å². The highest BCUT2D eigenvalue weighted by atomic mass is 16.1. The Morgan fingerprint density at radius 3 is 2.69 bits per heavy atom. The third kappa shape index (κ3) is 1.50. The second-order valence-electron chi connectivity index (χ2n) is 5.44. The second-order valence-corrected chi connectivity index (χ2v) is 5.44. The molecule has 2 saturated carbocycles. The Labute approximate surface area is 96.9 Å². The lowest BCUT2D eigenvalue weighted by Crippen LogP contribution is -2.49. The van der Waals surface area contributed by atoms with E-state index in [0.717, 1.165) is 25.7 Å². The maximum absolute atomic E-state index is 11.9. The summed E-state index contributed by atoms with van der Waals surface area (Å²) in [6, 6.07) is 10.7. The molecule has 0 N–H and O–H groups in total. The highest BCUT2D eigenvalue weighted by molar-refractivity contribution is 5.83. The summed E-state index contributed by atoms with van der Waals surface area (Å²) in [7, 11) is 0. The van der Waals surface area contributed by atoms with Crippen molar-refractivity contribution in [1.82, 2.24) is 0 Å². The van der Waals surface area contributed by atoms with Crippen molar-refractivity contribution in [3.63, 3.8) is 0 Å². The number of hydrogen-bond acceptors (Lipinski definition) is 1. The molecule has 2 aliphatic carbocycles. The summed E-state index contributed by atoms with van der Waals surface area (Å²) in [5.41, 5.74) is 1.75. The molecule has 0 radical (unpaired) electrons. The molecule has 0 saturated heterocycles. The normalized spacial score (nSPS) is 33.0. The number of hydrogen-bond donors (Lipinski definition) is 0. The Morgan fingerprint density at radius 2 is 2.00 bits per heavy atom. The van der Waals surface area contributed by atoms with Gasteiger partial charge in [0.2, 0.25) is 0 Å². The minimum Gasteiger partial charge on any atom is -0.299 e. The molecule has 2 aliphatic rings. The molecule has 0 aliphatic heterocycles. The van der Waals surface area contributed by atoms with E-state index in [9.17, 15) is 4.79 Å². The molecule has 16 heavy (non-hydrogen) atoms. The number of carbonyl (C=O) groups excluding carboxylic acids is 1. The van der Waals surface area contributed by atoms with E-state index < -0.39 is 0 Å². The second kappa shape index (κ2) is 3.73. The van der Waals surface area contributed by atoms with E-state index in [4.69, 9.17) is 0 Å². The van der Waals surface area contributed by atoms with Gasteiger partial charge < -0.3 is 0 Å². The molecule has 2 atom stereocenters. The third-order valence-electron chi connectivity index (χ3n) is 4.56. The van der Waals surface area contributed by atoms with Gasteiger partial charge in [-0.2, -0.15) is 0 Å². The van der Waals surface area contributed by atoms with E-state index in [1.807, 2.05) is 0 Å². The van der Waals surface area contributed by atoms with Crippen molar-refractivity contribution in [2.75, 3.05) is 0 Å². The van der Waals surface area contributed by atoms with Crippen molar-refractivity contribution < 1.29 is 4.79 Å². The van der Waals surface area contributed by atoms with Gasteiger partial charge in [0.05, 0.1) is 0 Å². The zero-order valence-corrected chi connectivity index (χ0v) is 9.61. The van der Waals surface area contributed by atoms with Crippen LogP contribution in [0.2, 0.25) is 0 Å². The number of benzene rings is 1. The van der Waals surface area contributed by atoms with Crippen molar-refractivity contribution in [2.45, 2.75) is 38.5 Å². The highest BCUT2D eigenvalue weighted by Crippen LogP contribution is 2.55. The molecule has 0 spiro atoms. The molecule has 0 amide bonds. The molecule has 0 unspecified atom stereocenters. The number of carbonyl (C=O) groups is 1. The van der Waals surface area contributed by atoms with Crippen LogP contribution in [0.25, 0.3) is 0 Å². The van der Waals surface area contributed by atoms with Gasteiger partial charge in [0.1, 0.15) is 5.78 Å². The quantitative estimate of drug-likeness (QED) is 0.737. The van der Waals surface area contributed by atoms with Gasteiger partial charge >= 0.3 is 0 Å². The summed E-state index contributed by atoms with van der Waals surface area (Å²) in [6.45, 7) is 0. The summed E-state index contributed by atoms with van der Waals surface area (Å²) in [4.78, 5) is 11.9. The Balaban J connectivity index is 1.81. The van der Waals surface area contributed by atoms with Crippen LogP contribution in [-0.4, -0.2) is 5.78 Å². The first-order chi connectivity index (χ1) is 7.80. The van der Waals surface area contributed by atoms with Gasteiger partial charge in [-0.3, -0.25) is 4.79 Å². The maximum atomic E-state index is 11.9. The van der Waals surface area contributed by atoms with E-state index in [-0.39, 0.29) is 0 Å². The van der Waals surface area contributed by atoms with Gasteiger partial charge in [0, 0.05) is 12.3 Å². The van der Waals surface area contributed by atoms with Crippen LogP contribution < -0.4 is 0 Å². The summed E-state index contributed by atoms with van der Waals surface area (Å²) >= 11 is 0. The lowest BCUT2D eigenvalue weighted by Gasteiger charge is -2.52. The molecule has 0 heterocycles. The SMILES string of the molecule is O=C1CCC[C@@]2(Cc3ccccc3)CC[C@@H]12. The Kier molecular flexibility index (Phi) is 2.34. The molecule has 1 aromatic rings. The van der Waals surface area contributed by atoms with E-state index in [2.05, 4.69) is 30.3 Å². The molecule has 1 aromatic carbocycles. The van der Waals surface area contributed by atoms with Crippen LogP contribution >= 0.6 is 0 Å². The molecule has 1 nitrogen and oxygen atoms in total. The van der Waals surface area contributed by atoms with Crippen LogP contribution in [0.5, 0.6) is 0 Å². The van der Waals surface area contributed by atoms with Crippen LogP contribution in [0, 0.1) is 11.3 Å². The monoisotopic (exact) mass is 214 g/mol. The molecule has 84 valence electrons. The highest BCUT2D eigenvalue weighted by Gasteiger charge is 2.51. The van der Waals surface area contributed by atoms with Crippen molar-refractivity contribution in [3.05, 3.63) is 35.9 Å². The third-order valence-corrected chi connectivity index (χ3v) is 4.56. The topological polar surface area (TPSA) is 17.1 Å². The Hall–Kier alpha value is -1.11. The van der Waals surface area contributed by atoms with Crippen LogP contribution in [0.15, 0.2) is 30.3 Å². The smallest absolute Gasteiger partial charge is 0.136 e. The summed E-state index contributed by atoms with van der Waals surface area (Å²) in [5.74, 6) is 0.926. The van der Waals surface area contributed by atoms with Crippen LogP contribution in [0.1, 0.15) is 37.7 Å².